The van der Waals surface area contributed by atoms with Gasteiger partial charge in [-0.1, -0.05) is 56.6 Å². The van der Waals surface area contributed by atoms with Crippen molar-refractivity contribution in [2.24, 2.45) is 11.8 Å². The van der Waals surface area contributed by atoms with Crippen LogP contribution in [0.1, 0.15) is 89.9 Å². The molecule has 2 saturated carbocycles. The number of rotatable bonds is 5. The van der Waals surface area contributed by atoms with Crippen molar-refractivity contribution in [1.29, 1.82) is 0 Å². The minimum absolute atomic E-state index is 0.839. The summed E-state index contributed by atoms with van der Waals surface area (Å²) in [4.78, 5) is 0. The lowest BCUT2D eigenvalue weighted by molar-refractivity contribution is 0.150. The van der Waals surface area contributed by atoms with Gasteiger partial charge in [-0.3, -0.25) is 0 Å². The van der Waals surface area contributed by atoms with Crippen molar-refractivity contribution in [2.75, 3.05) is 6.54 Å². The Morgan fingerprint density at radius 2 is 1.67 bits per heavy atom. The van der Waals surface area contributed by atoms with Crippen LogP contribution in [0.4, 0.5) is 0 Å². The van der Waals surface area contributed by atoms with Crippen molar-refractivity contribution in [3.05, 3.63) is 11.6 Å². The SMILES string of the molecule is C1=C(CCNC2CCCCC2C2CCCCC2)CCCC1. The van der Waals surface area contributed by atoms with E-state index in [-0.39, 0.29) is 0 Å². The van der Waals surface area contributed by atoms with E-state index in [1.807, 2.05) is 0 Å². The molecule has 0 bridgehead atoms. The van der Waals surface area contributed by atoms with Gasteiger partial charge >= 0.3 is 0 Å². The summed E-state index contributed by atoms with van der Waals surface area (Å²) in [6, 6.07) is 0.839. The Kier molecular flexibility index (Phi) is 6.21. The second kappa shape index (κ2) is 8.36. The Morgan fingerprint density at radius 1 is 0.857 bits per heavy atom. The van der Waals surface area contributed by atoms with Crippen LogP contribution in [0.25, 0.3) is 0 Å². The highest BCUT2D eigenvalue weighted by atomic mass is 14.9. The Bertz CT molecular complexity index is 327. The summed E-state index contributed by atoms with van der Waals surface area (Å²) in [6.07, 6.45) is 22.8. The maximum Gasteiger partial charge on any atom is 0.00980 e. The van der Waals surface area contributed by atoms with E-state index < -0.39 is 0 Å². The van der Waals surface area contributed by atoms with Crippen LogP contribution in [0.5, 0.6) is 0 Å². The molecular formula is C20H35N. The van der Waals surface area contributed by atoms with Crippen LogP contribution < -0.4 is 5.32 Å². The number of hydrogen-bond acceptors (Lipinski definition) is 1. The van der Waals surface area contributed by atoms with E-state index in [2.05, 4.69) is 11.4 Å². The Balaban J connectivity index is 1.46. The van der Waals surface area contributed by atoms with Crippen molar-refractivity contribution in [2.45, 2.75) is 95.9 Å². The standard InChI is InChI=1S/C20H35N/c1-3-9-17(10-4-1)15-16-21-20-14-8-7-13-19(20)18-11-5-2-6-12-18/h9,18-21H,1-8,10-16H2. The zero-order valence-corrected chi connectivity index (χ0v) is 13.9. The zero-order valence-electron chi connectivity index (χ0n) is 13.9. The second-order valence-corrected chi connectivity index (χ2v) is 7.77. The first-order valence-electron chi connectivity index (χ1n) is 9.85. The predicted molar refractivity (Wildman–Crippen MR) is 91.5 cm³/mol. The molecule has 3 aliphatic rings. The Hall–Kier alpha value is -0.300. The third kappa shape index (κ3) is 4.58. The lowest BCUT2D eigenvalue weighted by Gasteiger charge is -2.39. The maximum atomic E-state index is 3.98. The topological polar surface area (TPSA) is 12.0 Å². The maximum absolute atomic E-state index is 3.98. The van der Waals surface area contributed by atoms with E-state index in [4.69, 9.17) is 0 Å². The fraction of sp³-hybridized carbons (Fsp3) is 0.900. The molecular weight excluding hydrogens is 254 g/mol. The molecule has 0 saturated heterocycles. The first-order chi connectivity index (χ1) is 10.4. The van der Waals surface area contributed by atoms with Gasteiger partial charge in [-0.25, -0.2) is 0 Å². The quantitative estimate of drug-likeness (QED) is 0.649. The molecule has 1 N–H and O–H groups in total. The van der Waals surface area contributed by atoms with Crippen LogP contribution in [-0.2, 0) is 0 Å². The molecule has 21 heavy (non-hydrogen) atoms. The summed E-state index contributed by atoms with van der Waals surface area (Å²) < 4.78 is 0. The Labute approximate surface area is 132 Å². The number of allylic oxidation sites excluding steroid dienone is 1. The fourth-order valence-electron chi connectivity index (χ4n) is 5.09. The largest absolute Gasteiger partial charge is 0.313 e. The van der Waals surface area contributed by atoms with Crippen molar-refractivity contribution in [1.82, 2.24) is 5.32 Å². The first kappa shape index (κ1) is 15.6. The molecule has 1 heteroatoms. The molecule has 3 aliphatic carbocycles. The third-order valence-corrected chi connectivity index (χ3v) is 6.31. The van der Waals surface area contributed by atoms with Gasteiger partial charge in [-0.2, -0.15) is 0 Å². The molecule has 0 amide bonds. The Morgan fingerprint density at radius 3 is 2.48 bits per heavy atom. The normalized spacial score (nSPS) is 31.9. The minimum Gasteiger partial charge on any atom is -0.313 e. The van der Waals surface area contributed by atoms with Gasteiger partial charge in [-0.05, 0) is 63.3 Å². The van der Waals surface area contributed by atoms with Crippen molar-refractivity contribution in [3.8, 4) is 0 Å². The van der Waals surface area contributed by atoms with Crippen molar-refractivity contribution < 1.29 is 0 Å². The molecule has 2 unspecified atom stereocenters. The van der Waals surface area contributed by atoms with Crippen LogP contribution in [0.2, 0.25) is 0 Å². The van der Waals surface area contributed by atoms with Crippen LogP contribution in [0.15, 0.2) is 11.6 Å². The molecule has 2 fully saturated rings. The zero-order chi connectivity index (χ0) is 14.3. The molecule has 2 atom stereocenters. The van der Waals surface area contributed by atoms with Gasteiger partial charge in [-0.15, -0.1) is 0 Å². The first-order valence-corrected chi connectivity index (χ1v) is 9.85. The molecule has 0 radical (unpaired) electrons. The van der Waals surface area contributed by atoms with Crippen LogP contribution in [-0.4, -0.2) is 12.6 Å². The highest BCUT2D eigenvalue weighted by molar-refractivity contribution is 5.05. The molecule has 0 aromatic carbocycles. The van der Waals surface area contributed by atoms with Gasteiger partial charge in [0.1, 0.15) is 0 Å². The lowest BCUT2D eigenvalue weighted by atomic mass is 9.71. The van der Waals surface area contributed by atoms with Gasteiger partial charge < -0.3 is 5.32 Å². The van der Waals surface area contributed by atoms with E-state index in [0.29, 0.717) is 0 Å². The van der Waals surface area contributed by atoms with Gasteiger partial charge in [0.15, 0.2) is 0 Å². The van der Waals surface area contributed by atoms with Gasteiger partial charge in [0.25, 0.3) is 0 Å². The summed E-state index contributed by atoms with van der Waals surface area (Å²) in [5.74, 6) is 2.05. The summed E-state index contributed by atoms with van der Waals surface area (Å²) in [6.45, 7) is 1.24. The van der Waals surface area contributed by atoms with E-state index >= 15 is 0 Å². The molecule has 0 aromatic rings. The van der Waals surface area contributed by atoms with E-state index in [1.165, 1.54) is 96.4 Å². The minimum atomic E-state index is 0.839. The van der Waals surface area contributed by atoms with E-state index in [9.17, 15) is 0 Å². The second-order valence-electron chi connectivity index (χ2n) is 7.77. The summed E-state index contributed by atoms with van der Waals surface area (Å²) in [7, 11) is 0. The van der Waals surface area contributed by atoms with E-state index in [1.54, 1.807) is 5.57 Å². The van der Waals surface area contributed by atoms with Gasteiger partial charge in [0, 0.05) is 6.04 Å². The molecule has 0 spiro atoms. The highest BCUT2D eigenvalue weighted by Gasteiger charge is 2.31. The molecule has 120 valence electrons. The number of nitrogens with one attached hydrogen (secondary N) is 1. The third-order valence-electron chi connectivity index (χ3n) is 6.31. The fourth-order valence-corrected chi connectivity index (χ4v) is 5.09. The van der Waals surface area contributed by atoms with E-state index in [0.717, 1.165) is 17.9 Å². The summed E-state index contributed by atoms with van der Waals surface area (Å²) in [5.41, 5.74) is 1.73. The van der Waals surface area contributed by atoms with Crippen molar-refractivity contribution in [3.63, 3.8) is 0 Å². The molecule has 0 aromatic heterocycles. The van der Waals surface area contributed by atoms with Gasteiger partial charge in [0.05, 0.1) is 0 Å². The highest BCUT2D eigenvalue weighted by Crippen LogP contribution is 2.38. The molecule has 1 nitrogen and oxygen atoms in total. The van der Waals surface area contributed by atoms with Gasteiger partial charge in [0.2, 0.25) is 0 Å². The molecule has 3 rings (SSSR count). The summed E-state index contributed by atoms with van der Waals surface area (Å²) >= 11 is 0. The molecule has 0 aliphatic heterocycles. The van der Waals surface area contributed by atoms with Crippen LogP contribution in [0.3, 0.4) is 0 Å². The van der Waals surface area contributed by atoms with Crippen LogP contribution in [0, 0.1) is 11.8 Å². The summed E-state index contributed by atoms with van der Waals surface area (Å²) in [5, 5.41) is 3.98. The lowest BCUT2D eigenvalue weighted by Crippen LogP contribution is -2.42. The number of hydrogen-bond donors (Lipinski definition) is 1. The van der Waals surface area contributed by atoms with Crippen molar-refractivity contribution >= 4 is 0 Å². The smallest absolute Gasteiger partial charge is 0.00980 e. The predicted octanol–water partition coefficient (Wildman–Crippen LogP) is 5.61. The van der Waals surface area contributed by atoms with Crippen LogP contribution >= 0.6 is 0 Å². The monoisotopic (exact) mass is 289 g/mol. The molecule has 0 heterocycles. The average Bonchev–Trinajstić information content (AvgIpc) is 2.57. The average molecular weight is 290 g/mol.